The van der Waals surface area contributed by atoms with Crippen molar-refractivity contribution in [3.05, 3.63) is 0 Å². The van der Waals surface area contributed by atoms with Crippen LogP contribution < -0.4 is 5.73 Å². The zero-order valence-electron chi connectivity index (χ0n) is 6.32. The van der Waals surface area contributed by atoms with Crippen molar-refractivity contribution in [1.82, 2.24) is 0 Å². The van der Waals surface area contributed by atoms with E-state index in [2.05, 4.69) is 0 Å². The Morgan fingerprint density at radius 2 is 2.36 bits per heavy atom. The van der Waals surface area contributed by atoms with Gasteiger partial charge >= 0.3 is 5.97 Å². The highest BCUT2D eigenvalue weighted by Gasteiger charge is 2.22. The van der Waals surface area contributed by atoms with Gasteiger partial charge in [-0.05, 0) is 18.8 Å². The van der Waals surface area contributed by atoms with E-state index in [1.54, 1.807) is 0 Å². The molecule has 0 amide bonds. The number of nitrogens with two attached hydrogens (primary N) is 1. The lowest BCUT2D eigenvalue weighted by molar-refractivity contribution is -0.140. The summed E-state index contributed by atoms with van der Waals surface area (Å²) in [5, 5.41) is 8.36. The summed E-state index contributed by atoms with van der Waals surface area (Å²) < 4.78 is 5.07. The number of carboxylic acids is 1. The standard InChI is InChI=1S/C7H13NO3/c8-6(7(9)10)4-11-3-5-1-2-5/h5-6H,1-4,8H2,(H,9,10). The molecule has 1 fully saturated rings. The lowest BCUT2D eigenvalue weighted by Gasteiger charge is -2.06. The summed E-state index contributed by atoms with van der Waals surface area (Å²) >= 11 is 0. The van der Waals surface area contributed by atoms with E-state index < -0.39 is 12.0 Å². The summed E-state index contributed by atoms with van der Waals surface area (Å²) in [6.07, 6.45) is 2.42. The Morgan fingerprint density at radius 3 is 2.82 bits per heavy atom. The lowest BCUT2D eigenvalue weighted by atomic mass is 10.3. The van der Waals surface area contributed by atoms with Gasteiger partial charge in [-0.2, -0.15) is 0 Å². The number of hydrogen-bond acceptors (Lipinski definition) is 3. The molecule has 0 aliphatic heterocycles. The number of carboxylic acid groups (broad SMARTS) is 1. The molecule has 1 aliphatic carbocycles. The third-order valence-corrected chi connectivity index (χ3v) is 1.67. The highest BCUT2D eigenvalue weighted by atomic mass is 16.5. The van der Waals surface area contributed by atoms with Gasteiger partial charge in [0.15, 0.2) is 0 Å². The van der Waals surface area contributed by atoms with E-state index in [0.717, 1.165) is 0 Å². The van der Waals surface area contributed by atoms with E-state index in [4.69, 9.17) is 15.6 Å². The SMILES string of the molecule is NC(COCC1CC1)C(=O)O. The van der Waals surface area contributed by atoms with Crippen molar-refractivity contribution in [2.24, 2.45) is 11.7 Å². The van der Waals surface area contributed by atoms with Gasteiger partial charge in [0.2, 0.25) is 0 Å². The zero-order chi connectivity index (χ0) is 8.27. The summed E-state index contributed by atoms with van der Waals surface area (Å²) in [6.45, 7) is 0.798. The van der Waals surface area contributed by atoms with Gasteiger partial charge in [0, 0.05) is 6.61 Å². The van der Waals surface area contributed by atoms with Crippen LogP contribution in [0.25, 0.3) is 0 Å². The van der Waals surface area contributed by atoms with Crippen molar-refractivity contribution < 1.29 is 14.6 Å². The van der Waals surface area contributed by atoms with Crippen molar-refractivity contribution in [1.29, 1.82) is 0 Å². The molecule has 0 aromatic heterocycles. The van der Waals surface area contributed by atoms with E-state index in [1.165, 1.54) is 12.8 Å². The van der Waals surface area contributed by atoms with Gasteiger partial charge in [-0.1, -0.05) is 0 Å². The smallest absolute Gasteiger partial charge is 0.322 e. The summed E-state index contributed by atoms with van der Waals surface area (Å²) in [7, 11) is 0. The number of carbonyl (C=O) groups is 1. The Kier molecular flexibility index (Phi) is 2.84. The molecule has 1 saturated carbocycles. The van der Waals surface area contributed by atoms with Crippen molar-refractivity contribution in [2.45, 2.75) is 18.9 Å². The molecule has 1 aliphatic rings. The fraction of sp³-hybridized carbons (Fsp3) is 0.857. The van der Waals surface area contributed by atoms with Crippen LogP contribution in [-0.2, 0) is 9.53 Å². The van der Waals surface area contributed by atoms with E-state index in [-0.39, 0.29) is 6.61 Å². The minimum Gasteiger partial charge on any atom is -0.480 e. The third kappa shape index (κ3) is 3.34. The van der Waals surface area contributed by atoms with Crippen LogP contribution in [0.1, 0.15) is 12.8 Å². The maximum atomic E-state index is 10.2. The molecule has 1 rings (SSSR count). The normalized spacial score (nSPS) is 19.7. The number of aliphatic carboxylic acids is 1. The van der Waals surface area contributed by atoms with E-state index in [9.17, 15) is 4.79 Å². The summed E-state index contributed by atoms with van der Waals surface area (Å²) in [5.74, 6) is -0.336. The van der Waals surface area contributed by atoms with Crippen LogP contribution in [0.4, 0.5) is 0 Å². The molecule has 0 saturated heterocycles. The summed E-state index contributed by atoms with van der Waals surface area (Å²) in [4.78, 5) is 10.2. The first-order valence-corrected chi connectivity index (χ1v) is 3.76. The Morgan fingerprint density at radius 1 is 1.73 bits per heavy atom. The Labute approximate surface area is 65.3 Å². The lowest BCUT2D eigenvalue weighted by Crippen LogP contribution is -2.35. The van der Waals surface area contributed by atoms with Crippen LogP contribution in [0.3, 0.4) is 0 Å². The van der Waals surface area contributed by atoms with Gasteiger partial charge in [-0.3, -0.25) is 4.79 Å². The predicted molar refractivity (Wildman–Crippen MR) is 39.2 cm³/mol. The Bertz CT molecular complexity index is 145. The number of hydrogen-bond donors (Lipinski definition) is 2. The largest absolute Gasteiger partial charge is 0.480 e. The second kappa shape index (κ2) is 3.69. The first-order chi connectivity index (χ1) is 5.20. The topological polar surface area (TPSA) is 72.5 Å². The molecule has 3 N–H and O–H groups in total. The monoisotopic (exact) mass is 159 g/mol. The van der Waals surface area contributed by atoms with Crippen molar-refractivity contribution in [3.63, 3.8) is 0 Å². The first kappa shape index (κ1) is 8.49. The van der Waals surface area contributed by atoms with E-state index in [1.807, 2.05) is 0 Å². The van der Waals surface area contributed by atoms with Gasteiger partial charge < -0.3 is 15.6 Å². The molecule has 11 heavy (non-hydrogen) atoms. The zero-order valence-corrected chi connectivity index (χ0v) is 6.32. The highest BCUT2D eigenvalue weighted by Crippen LogP contribution is 2.28. The molecule has 0 spiro atoms. The van der Waals surface area contributed by atoms with Crippen molar-refractivity contribution >= 4 is 5.97 Å². The molecule has 0 aromatic rings. The second-order valence-corrected chi connectivity index (χ2v) is 2.93. The van der Waals surface area contributed by atoms with Crippen molar-refractivity contribution in [3.8, 4) is 0 Å². The molecule has 64 valence electrons. The fourth-order valence-electron chi connectivity index (χ4n) is 0.717. The van der Waals surface area contributed by atoms with Crippen LogP contribution in [0.2, 0.25) is 0 Å². The third-order valence-electron chi connectivity index (χ3n) is 1.67. The minimum absolute atomic E-state index is 0.131. The molecular formula is C7H13NO3. The van der Waals surface area contributed by atoms with Gasteiger partial charge in [0.05, 0.1) is 6.61 Å². The molecule has 4 nitrogen and oxygen atoms in total. The minimum atomic E-state index is -0.999. The van der Waals surface area contributed by atoms with Crippen LogP contribution in [0, 0.1) is 5.92 Å². The van der Waals surface area contributed by atoms with Crippen LogP contribution in [0.15, 0.2) is 0 Å². The fourth-order valence-corrected chi connectivity index (χ4v) is 0.717. The molecule has 1 unspecified atom stereocenters. The molecule has 0 aromatic carbocycles. The van der Waals surface area contributed by atoms with Crippen molar-refractivity contribution in [2.75, 3.05) is 13.2 Å². The molecule has 4 heteroatoms. The molecular weight excluding hydrogens is 146 g/mol. The van der Waals surface area contributed by atoms with Crippen LogP contribution in [0.5, 0.6) is 0 Å². The molecule has 0 bridgehead atoms. The average Bonchev–Trinajstić information content (AvgIpc) is 2.71. The Hall–Kier alpha value is -0.610. The summed E-state index contributed by atoms with van der Waals surface area (Å²) in [6, 6.07) is -0.867. The average molecular weight is 159 g/mol. The highest BCUT2D eigenvalue weighted by molar-refractivity contribution is 5.73. The van der Waals surface area contributed by atoms with E-state index >= 15 is 0 Å². The van der Waals surface area contributed by atoms with Gasteiger partial charge in [0.25, 0.3) is 0 Å². The van der Waals surface area contributed by atoms with Crippen LogP contribution in [-0.4, -0.2) is 30.3 Å². The maximum Gasteiger partial charge on any atom is 0.322 e. The Balaban J connectivity index is 1.96. The van der Waals surface area contributed by atoms with Gasteiger partial charge in [0.1, 0.15) is 6.04 Å². The number of ether oxygens (including phenoxy) is 1. The number of rotatable bonds is 5. The van der Waals surface area contributed by atoms with Gasteiger partial charge in [-0.15, -0.1) is 0 Å². The molecule has 0 radical (unpaired) electrons. The maximum absolute atomic E-state index is 10.2. The second-order valence-electron chi connectivity index (χ2n) is 2.93. The summed E-state index contributed by atoms with van der Waals surface area (Å²) in [5.41, 5.74) is 5.20. The van der Waals surface area contributed by atoms with Crippen LogP contribution >= 0.6 is 0 Å². The van der Waals surface area contributed by atoms with E-state index in [0.29, 0.717) is 12.5 Å². The molecule has 0 heterocycles. The first-order valence-electron chi connectivity index (χ1n) is 3.76. The predicted octanol–water partition coefficient (Wildman–Crippen LogP) is -0.175. The molecule has 1 atom stereocenters. The quantitative estimate of drug-likeness (QED) is 0.584. The van der Waals surface area contributed by atoms with Gasteiger partial charge in [-0.25, -0.2) is 0 Å².